The van der Waals surface area contributed by atoms with Crippen molar-refractivity contribution >= 4 is 26.8 Å². The number of hydrogen-bond acceptors (Lipinski definition) is 4. The van der Waals surface area contributed by atoms with Gasteiger partial charge in [0.2, 0.25) is 0 Å². The number of aryl methyl sites for hydroxylation is 1. The van der Waals surface area contributed by atoms with E-state index in [2.05, 4.69) is 25.3 Å². The van der Waals surface area contributed by atoms with Crippen molar-refractivity contribution in [1.29, 1.82) is 5.26 Å². The quantitative estimate of drug-likeness (QED) is 0.916. The first-order valence-corrected chi connectivity index (χ1v) is 5.75. The smallest absolute Gasteiger partial charge is 0.372 e. The van der Waals surface area contributed by atoms with Gasteiger partial charge >= 0.3 is 11.4 Å². The lowest BCUT2D eigenvalue weighted by atomic mass is 10.1. The second kappa shape index (κ2) is 4.74. The van der Waals surface area contributed by atoms with Crippen molar-refractivity contribution in [2.75, 3.05) is 0 Å². The molecule has 0 radical (unpaired) electrons. The molecule has 2 aromatic rings. The van der Waals surface area contributed by atoms with Crippen LogP contribution in [0.5, 0.6) is 0 Å². The van der Waals surface area contributed by atoms with E-state index in [0.29, 0.717) is 12.0 Å². The van der Waals surface area contributed by atoms with Crippen molar-refractivity contribution in [3.63, 3.8) is 0 Å². The van der Waals surface area contributed by atoms with Gasteiger partial charge in [-0.3, -0.25) is 4.98 Å². The Morgan fingerprint density at radius 2 is 2.22 bits per heavy atom. The number of H-pyrrole nitrogens is 1. The van der Waals surface area contributed by atoms with Crippen LogP contribution in [0.3, 0.4) is 0 Å². The normalized spacial score (nSPS) is 10.5. The van der Waals surface area contributed by atoms with Crippen LogP contribution in [0.15, 0.2) is 24.5 Å². The summed E-state index contributed by atoms with van der Waals surface area (Å²) in [6.07, 6.45) is 0.487. The zero-order valence-electron chi connectivity index (χ0n) is 8.92. The Morgan fingerprint density at radius 3 is 2.89 bits per heavy atom. The van der Waals surface area contributed by atoms with Crippen LogP contribution in [0.2, 0.25) is 0 Å². The molecule has 0 fully saturated rings. The fourth-order valence-corrected chi connectivity index (χ4v) is 2.11. The van der Waals surface area contributed by atoms with Gasteiger partial charge in [0.05, 0.1) is 21.4 Å². The van der Waals surface area contributed by atoms with Crippen LogP contribution in [0.1, 0.15) is 12.0 Å². The first kappa shape index (κ1) is 12.5. The van der Waals surface area contributed by atoms with Gasteiger partial charge in [-0.2, -0.15) is 5.26 Å². The number of rotatable bonds is 2. The van der Waals surface area contributed by atoms with Gasteiger partial charge in [0, 0.05) is 6.42 Å². The van der Waals surface area contributed by atoms with Gasteiger partial charge in [0.25, 0.3) is 0 Å². The molecule has 0 aliphatic carbocycles. The first-order chi connectivity index (χ1) is 8.54. The molecular formula is C11H6BrFN2O3. The molecule has 0 bridgehead atoms. The van der Waals surface area contributed by atoms with Crippen LogP contribution in [-0.4, -0.2) is 4.98 Å². The van der Waals surface area contributed by atoms with Crippen LogP contribution >= 0.6 is 15.9 Å². The summed E-state index contributed by atoms with van der Waals surface area (Å²) in [4.78, 5) is 24.6. The summed E-state index contributed by atoms with van der Waals surface area (Å²) in [7, 11) is 0. The van der Waals surface area contributed by atoms with Gasteiger partial charge in [-0.25, -0.2) is 14.0 Å². The third kappa shape index (κ3) is 2.07. The van der Waals surface area contributed by atoms with E-state index in [-0.39, 0.29) is 21.8 Å². The van der Waals surface area contributed by atoms with E-state index in [1.807, 2.05) is 6.07 Å². The highest BCUT2D eigenvalue weighted by molar-refractivity contribution is 9.10. The van der Waals surface area contributed by atoms with Crippen molar-refractivity contribution in [3.8, 4) is 6.07 Å². The van der Waals surface area contributed by atoms with Gasteiger partial charge in [0.1, 0.15) is 0 Å². The number of fused-ring (bicyclic) bond motifs is 1. The zero-order valence-corrected chi connectivity index (χ0v) is 10.5. The van der Waals surface area contributed by atoms with E-state index >= 15 is 0 Å². The lowest BCUT2D eigenvalue weighted by molar-refractivity contribution is 0.458. The Balaban J connectivity index is 2.80. The predicted molar refractivity (Wildman–Crippen MR) is 64.7 cm³/mol. The molecule has 92 valence electrons. The van der Waals surface area contributed by atoms with Crippen LogP contribution in [0.4, 0.5) is 4.39 Å². The number of benzene rings is 1. The van der Waals surface area contributed by atoms with Gasteiger partial charge in [-0.1, -0.05) is 0 Å². The monoisotopic (exact) mass is 312 g/mol. The lowest BCUT2D eigenvalue weighted by Crippen LogP contribution is -2.16. The molecule has 0 aliphatic rings. The maximum atomic E-state index is 14.0. The topological polar surface area (TPSA) is 86.9 Å². The molecule has 0 aliphatic heterocycles. The van der Waals surface area contributed by atoms with Gasteiger partial charge in [-0.05, 0) is 34.0 Å². The maximum Gasteiger partial charge on any atom is 0.419 e. The summed E-state index contributed by atoms with van der Waals surface area (Å²) in [6, 6.07) is 3.34. The van der Waals surface area contributed by atoms with Crippen molar-refractivity contribution in [2.45, 2.75) is 12.8 Å². The van der Waals surface area contributed by atoms with Crippen LogP contribution in [-0.2, 0) is 6.42 Å². The van der Waals surface area contributed by atoms with Crippen LogP contribution < -0.4 is 11.4 Å². The van der Waals surface area contributed by atoms with Crippen molar-refractivity contribution in [2.24, 2.45) is 0 Å². The van der Waals surface area contributed by atoms with Crippen molar-refractivity contribution < 1.29 is 8.81 Å². The van der Waals surface area contributed by atoms with Crippen LogP contribution in [0.25, 0.3) is 10.9 Å². The molecule has 0 unspecified atom stereocenters. The molecule has 0 spiro atoms. The fourth-order valence-electron chi connectivity index (χ4n) is 1.60. The zero-order chi connectivity index (χ0) is 13.3. The number of nitriles is 1. The Bertz CT molecular complexity index is 773. The molecular weight excluding hydrogens is 307 g/mol. The Morgan fingerprint density at radius 1 is 1.50 bits per heavy atom. The van der Waals surface area contributed by atoms with Crippen molar-refractivity contribution in [1.82, 2.24) is 4.98 Å². The highest BCUT2D eigenvalue weighted by Crippen LogP contribution is 2.26. The summed E-state index contributed by atoms with van der Waals surface area (Å²) in [5, 5.41) is 8.45. The van der Waals surface area contributed by atoms with E-state index in [4.69, 9.17) is 5.26 Å². The number of nitrogens with zero attached hydrogens (tertiary/aromatic N) is 1. The molecule has 0 saturated carbocycles. The van der Waals surface area contributed by atoms with E-state index in [9.17, 15) is 14.0 Å². The molecule has 0 saturated heterocycles. The van der Waals surface area contributed by atoms with Crippen LogP contribution in [0, 0.1) is 17.1 Å². The van der Waals surface area contributed by atoms with Gasteiger partial charge in [-0.15, -0.1) is 0 Å². The minimum Gasteiger partial charge on any atom is -0.372 e. The highest BCUT2D eigenvalue weighted by Gasteiger charge is 2.15. The van der Waals surface area contributed by atoms with Crippen molar-refractivity contribution in [3.05, 3.63) is 42.9 Å². The molecule has 0 atom stereocenters. The number of aromatic amines is 1. The SMILES string of the molecule is N#CCCc1cc2c(=O)oc(=O)[nH]c2c(F)c1Br. The van der Waals surface area contributed by atoms with Gasteiger partial charge in [0.15, 0.2) is 5.82 Å². The number of hydrogen-bond donors (Lipinski definition) is 1. The summed E-state index contributed by atoms with van der Waals surface area (Å²) >= 11 is 3.04. The molecule has 18 heavy (non-hydrogen) atoms. The average Bonchev–Trinajstić information content (AvgIpc) is 2.33. The molecule has 1 heterocycles. The Hall–Kier alpha value is -1.94. The summed E-state index contributed by atoms with van der Waals surface area (Å²) in [5.74, 6) is -1.76. The minimum atomic E-state index is -1.01. The van der Waals surface area contributed by atoms with E-state index in [1.165, 1.54) is 6.07 Å². The molecule has 1 aromatic carbocycles. The van der Waals surface area contributed by atoms with E-state index < -0.39 is 17.2 Å². The Kier molecular flexibility index (Phi) is 3.30. The number of halogens is 2. The van der Waals surface area contributed by atoms with E-state index in [1.54, 1.807) is 0 Å². The third-order valence-corrected chi connectivity index (χ3v) is 3.28. The van der Waals surface area contributed by atoms with Gasteiger partial charge < -0.3 is 4.42 Å². The lowest BCUT2D eigenvalue weighted by Gasteiger charge is -2.06. The third-order valence-electron chi connectivity index (χ3n) is 2.42. The molecule has 7 heteroatoms. The number of aromatic nitrogens is 1. The first-order valence-electron chi connectivity index (χ1n) is 4.95. The summed E-state index contributed by atoms with van der Waals surface area (Å²) in [6.45, 7) is 0. The summed E-state index contributed by atoms with van der Waals surface area (Å²) < 4.78 is 18.4. The molecule has 0 amide bonds. The standard InChI is InChI=1S/C11H6BrFN2O3/c12-7-5(2-1-3-14)4-6-9(8(7)13)15-11(17)18-10(6)16/h4H,1-2H2,(H,15,17). The second-order valence-electron chi connectivity index (χ2n) is 3.55. The maximum absolute atomic E-state index is 14.0. The number of nitrogens with one attached hydrogen (secondary N) is 1. The molecule has 2 rings (SSSR count). The predicted octanol–water partition coefficient (Wildman–Crippen LogP) is 1.84. The average molecular weight is 313 g/mol. The summed E-state index contributed by atoms with van der Waals surface area (Å²) in [5.41, 5.74) is -0.636. The Labute approximate surface area is 108 Å². The van der Waals surface area contributed by atoms with E-state index in [0.717, 1.165) is 0 Å². The second-order valence-corrected chi connectivity index (χ2v) is 4.34. The highest BCUT2D eigenvalue weighted by atomic mass is 79.9. The largest absolute Gasteiger partial charge is 0.419 e. The fraction of sp³-hybridized carbons (Fsp3) is 0.182. The molecule has 5 nitrogen and oxygen atoms in total. The molecule has 1 aromatic heterocycles. The molecule has 1 N–H and O–H groups in total. The minimum absolute atomic E-state index is 0.0526.